The second-order valence-corrected chi connectivity index (χ2v) is 5.37. The Morgan fingerprint density at radius 3 is 2.79 bits per heavy atom. The first-order chi connectivity index (χ1) is 6.53. The first-order valence-electron chi connectivity index (χ1n) is 4.79. The number of hydrogen-bond acceptors (Lipinski definition) is 4. The number of nitrogens with one attached hydrogen (secondary N) is 1. The van der Waals surface area contributed by atoms with Gasteiger partial charge in [-0.2, -0.15) is 0 Å². The van der Waals surface area contributed by atoms with Crippen molar-refractivity contribution in [2.24, 2.45) is 5.14 Å². The minimum atomic E-state index is -3.34. The van der Waals surface area contributed by atoms with Crippen LogP contribution in [0.3, 0.4) is 0 Å². The fourth-order valence-corrected chi connectivity index (χ4v) is 2.23. The molecule has 0 aromatic carbocycles. The van der Waals surface area contributed by atoms with Crippen molar-refractivity contribution >= 4 is 10.0 Å². The lowest BCUT2D eigenvalue weighted by Crippen LogP contribution is -2.40. The monoisotopic (exact) mass is 222 g/mol. The highest BCUT2D eigenvalue weighted by Gasteiger charge is 2.26. The Bertz CT molecular complexity index is 266. The summed E-state index contributed by atoms with van der Waals surface area (Å²) >= 11 is 0. The van der Waals surface area contributed by atoms with Gasteiger partial charge < -0.3 is 10.1 Å². The van der Waals surface area contributed by atoms with Crippen LogP contribution in [0.1, 0.15) is 19.3 Å². The van der Waals surface area contributed by atoms with Crippen LogP contribution in [0.15, 0.2) is 0 Å². The highest BCUT2D eigenvalue weighted by molar-refractivity contribution is 7.89. The van der Waals surface area contributed by atoms with Gasteiger partial charge in [-0.3, -0.25) is 0 Å². The summed E-state index contributed by atoms with van der Waals surface area (Å²) in [5.74, 6) is -0.0140. The normalized spacial score (nSPS) is 28.1. The van der Waals surface area contributed by atoms with Gasteiger partial charge in [0.1, 0.15) is 0 Å². The van der Waals surface area contributed by atoms with Gasteiger partial charge in [0.25, 0.3) is 0 Å². The summed E-state index contributed by atoms with van der Waals surface area (Å²) in [5, 5.41) is 8.04. The molecule has 14 heavy (non-hydrogen) atoms. The third kappa shape index (κ3) is 3.91. The zero-order valence-corrected chi connectivity index (χ0v) is 9.22. The number of methoxy groups -OCH3 is 1. The van der Waals surface area contributed by atoms with Crippen molar-refractivity contribution in [3.05, 3.63) is 0 Å². The molecule has 0 radical (unpaired) electrons. The lowest BCUT2D eigenvalue weighted by Gasteiger charge is -2.19. The molecule has 1 saturated carbocycles. The minimum absolute atomic E-state index is 0.0140. The van der Waals surface area contributed by atoms with Crippen molar-refractivity contribution in [2.45, 2.75) is 31.4 Å². The van der Waals surface area contributed by atoms with Gasteiger partial charge in [0.05, 0.1) is 11.9 Å². The van der Waals surface area contributed by atoms with Crippen LogP contribution in [-0.2, 0) is 14.8 Å². The van der Waals surface area contributed by atoms with Gasteiger partial charge in [0.15, 0.2) is 0 Å². The van der Waals surface area contributed by atoms with Gasteiger partial charge >= 0.3 is 0 Å². The molecule has 2 unspecified atom stereocenters. The molecule has 1 fully saturated rings. The molecule has 1 aliphatic rings. The maximum Gasteiger partial charge on any atom is 0.210 e. The quantitative estimate of drug-likeness (QED) is 0.653. The number of rotatable bonds is 5. The second-order valence-electron chi connectivity index (χ2n) is 3.63. The van der Waals surface area contributed by atoms with Crippen LogP contribution in [-0.4, -0.2) is 40.0 Å². The van der Waals surface area contributed by atoms with Crippen molar-refractivity contribution in [1.82, 2.24) is 5.32 Å². The first-order valence-corrected chi connectivity index (χ1v) is 6.51. The van der Waals surface area contributed by atoms with Crippen LogP contribution in [0.5, 0.6) is 0 Å². The Hall–Kier alpha value is -0.170. The molecule has 0 aromatic heterocycles. The van der Waals surface area contributed by atoms with E-state index in [2.05, 4.69) is 5.32 Å². The molecule has 0 heterocycles. The highest BCUT2D eigenvalue weighted by atomic mass is 32.2. The molecule has 1 aliphatic carbocycles. The topological polar surface area (TPSA) is 81.4 Å². The van der Waals surface area contributed by atoms with Crippen LogP contribution in [0.4, 0.5) is 0 Å². The van der Waals surface area contributed by atoms with Gasteiger partial charge in [-0.1, -0.05) is 0 Å². The SMILES string of the molecule is COC1CCCC1NCCS(N)(=O)=O. The van der Waals surface area contributed by atoms with Gasteiger partial charge in [0.2, 0.25) is 10.0 Å². The molecule has 1 rings (SSSR count). The van der Waals surface area contributed by atoms with E-state index in [1.54, 1.807) is 7.11 Å². The van der Waals surface area contributed by atoms with Gasteiger partial charge in [-0.15, -0.1) is 0 Å². The van der Waals surface area contributed by atoms with E-state index in [0.717, 1.165) is 19.3 Å². The number of ether oxygens (including phenoxy) is 1. The summed E-state index contributed by atoms with van der Waals surface area (Å²) in [7, 11) is -1.66. The van der Waals surface area contributed by atoms with Crippen molar-refractivity contribution in [2.75, 3.05) is 19.4 Å². The van der Waals surface area contributed by atoms with Crippen LogP contribution >= 0.6 is 0 Å². The molecule has 0 aromatic rings. The van der Waals surface area contributed by atoms with E-state index in [1.165, 1.54) is 0 Å². The maximum absolute atomic E-state index is 10.7. The van der Waals surface area contributed by atoms with E-state index < -0.39 is 10.0 Å². The Kier molecular flexibility index (Phi) is 4.31. The Morgan fingerprint density at radius 2 is 2.21 bits per heavy atom. The highest BCUT2D eigenvalue weighted by Crippen LogP contribution is 2.21. The van der Waals surface area contributed by atoms with Crippen LogP contribution < -0.4 is 10.5 Å². The third-order valence-corrected chi connectivity index (χ3v) is 3.32. The Morgan fingerprint density at radius 1 is 1.50 bits per heavy atom. The lowest BCUT2D eigenvalue weighted by molar-refractivity contribution is 0.0859. The predicted molar refractivity (Wildman–Crippen MR) is 54.4 cm³/mol. The first kappa shape index (κ1) is 11.9. The molecular formula is C8H18N2O3S. The molecule has 0 spiro atoms. The molecule has 0 amide bonds. The minimum Gasteiger partial charge on any atom is -0.380 e. The average Bonchev–Trinajstić information content (AvgIpc) is 2.49. The zero-order chi connectivity index (χ0) is 10.6. The van der Waals surface area contributed by atoms with Crippen molar-refractivity contribution in [3.8, 4) is 0 Å². The number of sulfonamides is 1. The molecule has 0 aliphatic heterocycles. The van der Waals surface area contributed by atoms with Crippen molar-refractivity contribution < 1.29 is 13.2 Å². The van der Waals surface area contributed by atoms with E-state index in [-0.39, 0.29) is 17.9 Å². The molecule has 5 nitrogen and oxygen atoms in total. The number of hydrogen-bond donors (Lipinski definition) is 2. The van der Waals surface area contributed by atoms with Crippen molar-refractivity contribution in [3.63, 3.8) is 0 Å². The standard InChI is InChI=1S/C8H18N2O3S/c1-13-8-4-2-3-7(8)10-5-6-14(9,11)12/h7-8,10H,2-6H2,1H3,(H2,9,11,12). The largest absolute Gasteiger partial charge is 0.380 e. The summed E-state index contributed by atoms with van der Waals surface area (Å²) in [6.07, 6.45) is 3.44. The summed E-state index contributed by atoms with van der Waals surface area (Å²) in [6.45, 7) is 0.406. The molecule has 84 valence electrons. The van der Waals surface area contributed by atoms with Crippen molar-refractivity contribution in [1.29, 1.82) is 0 Å². The molecule has 0 saturated heterocycles. The van der Waals surface area contributed by atoms with Crippen LogP contribution in [0.25, 0.3) is 0 Å². The van der Waals surface area contributed by atoms with E-state index in [1.807, 2.05) is 0 Å². The summed E-state index contributed by atoms with van der Waals surface area (Å²) in [6, 6.07) is 0.279. The lowest BCUT2D eigenvalue weighted by atomic mass is 10.2. The molecular weight excluding hydrogens is 204 g/mol. The zero-order valence-electron chi connectivity index (χ0n) is 8.40. The smallest absolute Gasteiger partial charge is 0.210 e. The summed E-state index contributed by atoms with van der Waals surface area (Å²) < 4.78 is 26.6. The molecule has 0 bridgehead atoms. The molecule has 6 heteroatoms. The Balaban J connectivity index is 2.24. The summed E-state index contributed by atoms with van der Waals surface area (Å²) in [4.78, 5) is 0. The number of nitrogens with two attached hydrogens (primary N) is 1. The molecule has 3 N–H and O–H groups in total. The van der Waals surface area contributed by atoms with E-state index in [0.29, 0.717) is 6.54 Å². The Labute approximate surface area is 85.1 Å². The van der Waals surface area contributed by atoms with Crippen LogP contribution in [0, 0.1) is 0 Å². The maximum atomic E-state index is 10.7. The average molecular weight is 222 g/mol. The third-order valence-electron chi connectivity index (χ3n) is 2.55. The van der Waals surface area contributed by atoms with Crippen LogP contribution in [0.2, 0.25) is 0 Å². The van der Waals surface area contributed by atoms with E-state index in [9.17, 15) is 8.42 Å². The van der Waals surface area contributed by atoms with E-state index >= 15 is 0 Å². The fourth-order valence-electron chi connectivity index (χ4n) is 1.83. The van der Waals surface area contributed by atoms with Gasteiger partial charge in [-0.05, 0) is 19.3 Å². The second kappa shape index (κ2) is 5.06. The van der Waals surface area contributed by atoms with Gasteiger partial charge in [-0.25, -0.2) is 13.6 Å². The van der Waals surface area contributed by atoms with Gasteiger partial charge in [0, 0.05) is 19.7 Å². The fraction of sp³-hybridized carbons (Fsp3) is 1.00. The predicted octanol–water partition coefficient (Wildman–Crippen LogP) is -0.568. The molecule has 2 atom stereocenters. The number of primary sulfonamides is 1. The summed E-state index contributed by atoms with van der Waals surface area (Å²) in [5.41, 5.74) is 0. The van der Waals surface area contributed by atoms with E-state index in [4.69, 9.17) is 9.88 Å².